The van der Waals surface area contributed by atoms with Gasteiger partial charge in [0.15, 0.2) is 0 Å². The molecule has 0 radical (unpaired) electrons. The average molecular weight is 615 g/mol. The van der Waals surface area contributed by atoms with E-state index >= 15 is 0 Å². The SMILES string of the molecule is [2H]c1cc2c3c(n1)N(c1ccc4c(c1)C(C)(C)CC4(C)C)c1cc4c(cc1B3c1ccccc1N2c1ccccc1)C(C)(C)CC4(C)C. The molecule has 9 rings (SSSR count). The van der Waals surface area contributed by atoms with E-state index < -0.39 is 0 Å². The summed E-state index contributed by atoms with van der Waals surface area (Å²) < 4.78 is 9.15. The molecule has 0 atom stereocenters. The van der Waals surface area contributed by atoms with Gasteiger partial charge in [0.2, 0.25) is 0 Å². The molecule has 0 amide bonds. The first-order chi connectivity index (χ1) is 22.7. The highest BCUT2D eigenvalue weighted by Gasteiger charge is 2.49. The van der Waals surface area contributed by atoms with Crippen molar-refractivity contribution in [1.82, 2.24) is 4.98 Å². The lowest BCUT2D eigenvalue weighted by Gasteiger charge is -2.44. The number of rotatable bonds is 2. The van der Waals surface area contributed by atoms with Crippen molar-refractivity contribution < 1.29 is 1.37 Å². The van der Waals surface area contributed by atoms with Crippen LogP contribution in [-0.4, -0.2) is 11.7 Å². The molecule has 2 aliphatic heterocycles. The molecule has 1 aromatic heterocycles. The van der Waals surface area contributed by atoms with E-state index in [1.807, 2.05) is 6.07 Å². The summed E-state index contributed by atoms with van der Waals surface area (Å²) in [6.07, 6.45) is 2.50. The van der Waals surface area contributed by atoms with E-state index in [1.165, 1.54) is 50.0 Å². The van der Waals surface area contributed by atoms with Crippen molar-refractivity contribution >= 4 is 57.4 Å². The van der Waals surface area contributed by atoms with Crippen LogP contribution in [0, 0.1) is 0 Å². The van der Waals surface area contributed by atoms with E-state index in [9.17, 15) is 0 Å². The fourth-order valence-electron chi connectivity index (χ4n) is 10.4. The number of anilines is 6. The largest absolute Gasteiger partial charge is 0.311 e. The normalized spacial score (nSPS) is 20.2. The van der Waals surface area contributed by atoms with Gasteiger partial charge in [0, 0.05) is 34.6 Å². The number of aromatic nitrogens is 1. The van der Waals surface area contributed by atoms with Crippen LogP contribution in [0.5, 0.6) is 0 Å². The van der Waals surface area contributed by atoms with E-state index in [2.05, 4.69) is 150 Å². The van der Waals surface area contributed by atoms with Crippen LogP contribution in [0.15, 0.2) is 97.2 Å². The molecule has 2 aliphatic carbocycles. The minimum atomic E-state index is 0.000117. The molecule has 47 heavy (non-hydrogen) atoms. The van der Waals surface area contributed by atoms with E-state index in [0.717, 1.165) is 35.7 Å². The van der Waals surface area contributed by atoms with Gasteiger partial charge in [-0.25, -0.2) is 4.98 Å². The predicted octanol–water partition coefficient (Wildman–Crippen LogP) is 9.08. The molecule has 0 N–H and O–H groups in total. The topological polar surface area (TPSA) is 19.4 Å². The predicted molar refractivity (Wildman–Crippen MR) is 200 cm³/mol. The van der Waals surface area contributed by atoms with Crippen molar-refractivity contribution in [2.45, 2.75) is 89.9 Å². The van der Waals surface area contributed by atoms with Crippen molar-refractivity contribution in [3.05, 3.63) is 119 Å². The smallest absolute Gasteiger partial charge is 0.254 e. The van der Waals surface area contributed by atoms with Crippen molar-refractivity contribution in [3.8, 4) is 0 Å². The van der Waals surface area contributed by atoms with Gasteiger partial charge >= 0.3 is 0 Å². The Morgan fingerprint density at radius 3 is 1.89 bits per heavy atom. The van der Waals surface area contributed by atoms with Gasteiger partial charge in [0.25, 0.3) is 6.71 Å². The van der Waals surface area contributed by atoms with Gasteiger partial charge in [-0.2, -0.15) is 0 Å². The van der Waals surface area contributed by atoms with E-state index in [1.54, 1.807) is 0 Å². The third-order valence-corrected chi connectivity index (χ3v) is 11.8. The van der Waals surface area contributed by atoms with Crippen LogP contribution in [0.25, 0.3) is 0 Å². The van der Waals surface area contributed by atoms with E-state index in [4.69, 9.17) is 6.35 Å². The monoisotopic (exact) mass is 614 g/mol. The van der Waals surface area contributed by atoms with Gasteiger partial charge in [-0.3, -0.25) is 4.90 Å². The van der Waals surface area contributed by atoms with Gasteiger partial charge in [0.05, 0.1) is 1.37 Å². The molecule has 234 valence electrons. The average Bonchev–Trinajstić information content (AvgIpc) is 3.33. The highest BCUT2D eigenvalue weighted by atomic mass is 15.2. The Bertz CT molecular complexity index is 2180. The zero-order valence-electron chi connectivity index (χ0n) is 30.0. The number of benzene rings is 4. The second-order valence-electron chi connectivity index (χ2n) is 17.1. The zero-order chi connectivity index (χ0) is 33.5. The second kappa shape index (κ2) is 9.19. The molecule has 0 unspecified atom stereocenters. The van der Waals surface area contributed by atoms with Crippen LogP contribution in [0.1, 0.15) is 91.9 Å². The lowest BCUT2D eigenvalue weighted by Crippen LogP contribution is -2.61. The molecule has 0 saturated carbocycles. The fourth-order valence-corrected chi connectivity index (χ4v) is 10.4. The maximum Gasteiger partial charge on any atom is 0.254 e. The number of hydrogen-bond donors (Lipinski definition) is 0. The Morgan fingerprint density at radius 1 is 0.553 bits per heavy atom. The second-order valence-corrected chi connectivity index (χ2v) is 17.1. The Morgan fingerprint density at radius 2 is 1.17 bits per heavy atom. The maximum absolute atomic E-state index is 9.15. The number of nitrogens with zero attached hydrogens (tertiary/aromatic N) is 3. The molecule has 5 aromatic rings. The molecule has 3 nitrogen and oxygen atoms in total. The van der Waals surface area contributed by atoms with Crippen LogP contribution >= 0.6 is 0 Å². The first kappa shape index (κ1) is 27.8. The molecule has 4 aliphatic rings. The lowest BCUT2D eigenvalue weighted by atomic mass is 9.33. The summed E-state index contributed by atoms with van der Waals surface area (Å²) in [5.41, 5.74) is 15.5. The van der Waals surface area contributed by atoms with Crippen molar-refractivity contribution in [2.24, 2.45) is 0 Å². The quantitative estimate of drug-likeness (QED) is 0.181. The number of hydrogen-bond acceptors (Lipinski definition) is 3. The van der Waals surface area contributed by atoms with Crippen molar-refractivity contribution in [2.75, 3.05) is 9.80 Å². The Balaban J connectivity index is 1.39. The van der Waals surface area contributed by atoms with Crippen molar-refractivity contribution in [3.63, 3.8) is 0 Å². The summed E-state index contributed by atoms with van der Waals surface area (Å²) in [5, 5.41) is 0. The minimum Gasteiger partial charge on any atom is -0.311 e. The summed E-state index contributed by atoms with van der Waals surface area (Å²) in [6, 6.07) is 33.6. The van der Waals surface area contributed by atoms with Gasteiger partial charge in [0.1, 0.15) is 5.82 Å². The molecule has 0 saturated heterocycles. The summed E-state index contributed by atoms with van der Waals surface area (Å²) in [7, 11) is 0. The highest BCUT2D eigenvalue weighted by molar-refractivity contribution is 7.00. The van der Waals surface area contributed by atoms with E-state index in [-0.39, 0.29) is 34.5 Å². The van der Waals surface area contributed by atoms with Gasteiger partial charge in [-0.1, -0.05) is 104 Å². The van der Waals surface area contributed by atoms with Crippen LogP contribution in [0.4, 0.5) is 34.3 Å². The Labute approximate surface area is 282 Å². The van der Waals surface area contributed by atoms with Gasteiger partial charge < -0.3 is 4.90 Å². The standard InChI is InChI=1S/C43H44BN3/c1-40(2)25-41(3,4)30-22-28(18-19-29(30)40)47-37-24-32-31(42(5,6)26-43(32,7)8)23-34(37)44-33-16-12-13-17-35(33)46(27-14-10-9-11-15-27)36-20-21-45-39(47)38(36)44/h9-24H,25-26H2,1-8H3/i21D. The van der Waals surface area contributed by atoms with Crippen molar-refractivity contribution in [1.29, 1.82) is 0 Å². The summed E-state index contributed by atoms with van der Waals surface area (Å²) in [6.45, 7) is 19.2. The minimum absolute atomic E-state index is 0.000117. The molecular formula is C43H44BN3. The van der Waals surface area contributed by atoms with Crippen LogP contribution in [0.2, 0.25) is 0 Å². The Hall–Kier alpha value is -4.31. The highest BCUT2D eigenvalue weighted by Crippen LogP contribution is 2.54. The fraction of sp³-hybridized carbons (Fsp3) is 0.326. The summed E-state index contributed by atoms with van der Waals surface area (Å²) in [4.78, 5) is 9.90. The third kappa shape index (κ3) is 3.91. The summed E-state index contributed by atoms with van der Waals surface area (Å²) in [5.74, 6) is 0.871. The van der Waals surface area contributed by atoms with Crippen LogP contribution in [0.3, 0.4) is 0 Å². The number of pyridine rings is 1. The first-order valence-corrected chi connectivity index (χ1v) is 17.3. The van der Waals surface area contributed by atoms with E-state index in [0.29, 0.717) is 0 Å². The molecule has 0 spiro atoms. The first-order valence-electron chi connectivity index (χ1n) is 17.8. The molecule has 4 aromatic carbocycles. The van der Waals surface area contributed by atoms with Gasteiger partial charge in [-0.05, 0) is 116 Å². The maximum atomic E-state index is 9.15. The zero-order valence-corrected chi connectivity index (χ0v) is 29.0. The third-order valence-electron chi connectivity index (χ3n) is 11.8. The van der Waals surface area contributed by atoms with Crippen LogP contribution in [-0.2, 0) is 21.7 Å². The number of para-hydroxylation sites is 2. The molecule has 3 heterocycles. The van der Waals surface area contributed by atoms with Crippen LogP contribution < -0.4 is 26.2 Å². The molecule has 4 heteroatoms. The Kier molecular flexibility index (Phi) is 5.43. The molecule has 0 bridgehead atoms. The lowest BCUT2D eigenvalue weighted by molar-refractivity contribution is 0.403. The van der Waals surface area contributed by atoms with Gasteiger partial charge in [-0.15, -0.1) is 0 Å². The number of fused-ring (bicyclic) bond motifs is 6. The molecule has 0 fully saturated rings. The molecular weight excluding hydrogens is 569 g/mol. The summed E-state index contributed by atoms with van der Waals surface area (Å²) >= 11 is 0.